The molecule has 1 aromatic heterocycles. The summed E-state index contributed by atoms with van der Waals surface area (Å²) in [5.41, 5.74) is 2.15. The van der Waals surface area contributed by atoms with E-state index in [4.69, 9.17) is 0 Å². The first-order chi connectivity index (χ1) is 13.7. The normalized spacial score (nSPS) is 19.6. The lowest BCUT2D eigenvalue weighted by Crippen LogP contribution is -2.32. The van der Waals surface area contributed by atoms with Crippen LogP contribution in [-0.4, -0.2) is 34.7 Å². The Kier molecular flexibility index (Phi) is 5.71. The summed E-state index contributed by atoms with van der Waals surface area (Å²) in [4.78, 5) is 24.5. The van der Waals surface area contributed by atoms with E-state index in [9.17, 15) is 9.59 Å². The minimum Gasteiger partial charge on any atom is -0.347 e. The topological polar surface area (TPSA) is 88.0 Å². The zero-order valence-electron chi connectivity index (χ0n) is 16.0. The van der Waals surface area contributed by atoms with E-state index in [-0.39, 0.29) is 17.7 Å². The van der Waals surface area contributed by atoms with E-state index in [1.54, 1.807) is 6.07 Å². The van der Waals surface area contributed by atoms with Crippen LogP contribution in [0.3, 0.4) is 0 Å². The highest BCUT2D eigenvalue weighted by Crippen LogP contribution is 2.27. The van der Waals surface area contributed by atoms with Crippen molar-refractivity contribution in [2.24, 2.45) is 5.92 Å². The van der Waals surface area contributed by atoms with Crippen molar-refractivity contribution in [2.75, 3.05) is 18.4 Å². The van der Waals surface area contributed by atoms with Gasteiger partial charge in [0.2, 0.25) is 5.91 Å². The Balaban J connectivity index is 1.31. The molecule has 1 aliphatic heterocycles. The van der Waals surface area contributed by atoms with Crippen molar-refractivity contribution in [3.05, 3.63) is 47.8 Å². The van der Waals surface area contributed by atoms with Crippen molar-refractivity contribution in [1.82, 2.24) is 20.4 Å². The smallest absolute Gasteiger partial charge is 0.272 e. The molecule has 2 aliphatic rings. The largest absolute Gasteiger partial charge is 0.347 e. The summed E-state index contributed by atoms with van der Waals surface area (Å²) in [5.74, 6) is 0.0550. The van der Waals surface area contributed by atoms with Gasteiger partial charge in [-0.25, -0.2) is 0 Å². The van der Waals surface area contributed by atoms with Crippen molar-refractivity contribution in [3.63, 3.8) is 0 Å². The van der Waals surface area contributed by atoms with Crippen molar-refractivity contribution >= 4 is 17.5 Å². The Morgan fingerprint density at radius 1 is 1.18 bits per heavy atom. The Morgan fingerprint density at radius 3 is 2.82 bits per heavy atom. The number of carbonyl (C=O) groups is 2. The summed E-state index contributed by atoms with van der Waals surface area (Å²) in [7, 11) is 0. The van der Waals surface area contributed by atoms with Crippen LogP contribution < -0.4 is 16.0 Å². The van der Waals surface area contributed by atoms with Crippen LogP contribution in [0.5, 0.6) is 0 Å². The van der Waals surface area contributed by atoms with Gasteiger partial charge in [-0.15, -0.1) is 0 Å². The van der Waals surface area contributed by atoms with Gasteiger partial charge in [-0.1, -0.05) is 18.6 Å². The molecule has 148 valence electrons. The van der Waals surface area contributed by atoms with Gasteiger partial charge in [0.25, 0.3) is 5.91 Å². The lowest BCUT2D eigenvalue weighted by Gasteiger charge is -2.24. The molecule has 1 aromatic carbocycles. The maximum Gasteiger partial charge on any atom is 0.272 e. The molecule has 1 atom stereocenters. The summed E-state index contributed by atoms with van der Waals surface area (Å²) in [5, 5.41) is 13.7. The van der Waals surface area contributed by atoms with Gasteiger partial charge in [0.1, 0.15) is 5.69 Å². The second-order valence-corrected chi connectivity index (χ2v) is 7.68. The highest BCUT2D eigenvalue weighted by Gasteiger charge is 2.25. The van der Waals surface area contributed by atoms with Crippen molar-refractivity contribution in [2.45, 2.75) is 44.7 Å². The maximum atomic E-state index is 12.4. The molecule has 1 saturated heterocycles. The number of hydrogen-bond acceptors (Lipinski definition) is 4. The van der Waals surface area contributed by atoms with Crippen LogP contribution in [0.2, 0.25) is 0 Å². The van der Waals surface area contributed by atoms with Crippen LogP contribution in [0.25, 0.3) is 0 Å². The predicted molar refractivity (Wildman–Crippen MR) is 107 cm³/mol. The maximum absolute atomic E-state index is 12.4. The number of hydrogen-bond donors (Lipinski definition) is 3. The van der Waals surface area contributed by atoms with E-state index in [0.717, 1.165) is 56.4 Å². The molecule has 0 spiro atoms. The van der Waals surface area contributed by atoms with Gasteiger partial charge in [0.15, 0.2) is 0 Å². The lowest BCUT2D eigenvalue weighted by atomic mass is 9.85. The molecule has 2 aromatic rings. The number of aromatic nitrogens is 2. The fourth-order valence-electron chi connectivity index (χ4n) is 3.67. The summed E-state index contributed by atoms with van der Waals surface area (Å²) in [6.45, 7) is 2.33. The third kappa shape index (κ3) is 4.42. The van der Waals surface area contributed by atoms with Crippen LogP contribution in [0.15, 0.2) is 36.5 Å². The number of piperidine rings is 1. The van der Waals surface area contributed by atoms with E-state index in [0.29, 0.717) is 18.3 Å². The Hall–Kier alpha value is -2.67. The molecule has 1 aliphatic carbocycles. The number of amides is 2. The first-order valence-electron chi connectivity index (χ1n) is 10.1. The van der Waals surface area contributed by atoms with E-state index in [1.807, 2.05) is 35.1 Å². The molecule has 2 fully saturated rings. The van der Waals surface area contributed by atoms with Gasteiger partial charge in [0, 0.05) is 30.9 Å². The molecule has 3 N–H and O–H groups in total. The van der Waals surface area contributed by atoms with Gasteiger partial charge in [-0.3, -0.25) is 14.3 Å². The minimum absolute atomic E-state index is 0.0928. The summed E-state index contributed by atoms with van der Waals surface area (Å²) in [6.07, 6.45) is 7.17. The molecule has 2 amide bonds. The molecule has 28 heavy (non-hydrogen) atoms. The Labute approximate surface area is 164 Å². The number of carbonyl (C=O) groups excluding carboxylic acids is 2. The number of benzene rings is 1. The first kappa shape index (κ1) is 18.7. The Bertz CT molecular complexity index is 837. The zero-order valence-corrected chi connectivity index (χ0v) is 16.0. The standard InChI is InChI=1S/C21H27N5O2/c27-20(16-5-2-6-16)24-17-7-1-4-15(12-17)13-23-21(28)19-9-11-26(25-19)18-8-3-10-22-14-18/h1,4,7,9,11-12,16,18,22H,2-3,5-6,8,10,13-14H2,(H,23,28)(H,24,27). The molecule has 1 unspecified atom stereocenters. The summed E-state index contributed by atoms with van der Waals surface area (Å²) < 4.78 is 1.89. The van der Waals surface area contributed by atoms with E-state index in [1.165, 1.54) is 0 Å². The number of anilines is 1. The fraction of sp³-hybridized carbons (Fsp3) is 0.476. The molecule has 1 saturated carbocycles. The van der Waals surface area contributed by atoms with E-state index >= 15 is 0 Å². The number of rotatable bonds is 6. The van der Waals surface area contributed by atoms with Gasteiger partial charge in [-0.2, -0.15) is 5.10 Å². The predicted octanol–water partition coefficient (Wildman–Crippen LogP) is 2.48. The second kappa shape index (κ2) is 8.56. The Morgan fingerprint density at radius 2 is 2.07 bits per heavy atom. The monoisotopic (exact) mass is 381 g/mol. The third-order valence-electron chi connectivity index (χ3n) is 5.61. The molecule has 4 rings (SSSR count). The highest BCUT2D eigenvalue weighted by atomic mass is 16.2. The fourth-order valence-corrected chi connectivity index (χ4v) is 3.67. The lowest BCUT2D eigenvalue weighted by molar-refractivity contribution is -0.122. The van der Waals surface area contributed by atoms with Gasteiger partial charge < -0.3 is 16.0 Å². The summed E-state index contributed by atoms with van der Waals surface area (Å²) >= 11 is 0. The van der Waals surface area contributed by atoms with Crippen LogP contribution in [0, 0.1) is 5.92 Å². The minimum atomic E-state index is -0.188. The first-order valence-corrected chi connectivity index (χ1v) is 10.1. The molecule has 2 heterocycles. The SMILES string of the molecule is O=C(NCc1cccc(NC(=O)C2CCC2)c1)c1ccn(C2CCCNC2)n1. The van der Waals surface area contributed by atoms with Crippen LogP contribution in [0.1, 0.15) is 54.2 Å². The van der Waals surface area contributed by atoms with Crippen molar-refractivity contribution < 1.29 is 9.59 Å². The number of nitrogens with zero attached hydrogens (tertiary/aromatic N) is 2. The molecule has 7 nitrogen and oxygen atoms in total. The van der Waals surface area contributed by atoms with E-state index < -0.39 is 0 Å². The highest BCUT2D eigenvalue weighted by molar-refractivity contribution is 5.93. The van der Waals surface area contributed by atoms with E-state index in [2.05, 4.69) is 21.0 Å². The molecular formula is C21H27N5O2. The average molecular weight is 381 g/mol. The van der Waals surface area contributed by atoms with Crippen molar-refractivity contribution in [3.8, 4) is 0 Å². The van der Waals surface area contributed by atoms with Gasteiger partial charge >= 0.3 is 0 Å². The summed E-state index contributed by atoms with van der Waals surface area (Å²) in [6, 6.07) is 9.68. The van der Waals surface area contributed by atoms with Crippen LogP contribution in [-0.2, 0) is 11.3 Å². The van der Waals surface area contributed by atoms with Crippen LogP contribution in [0.4, 0.5) is 5.69 Å². The second-order valence-electron chi connectivity index (χ2n) is 7.68. The third-order valence-corrected chi connectivity index (χ3v) is 5.61. The van der Waals surface area contributed by atoms with Gasteiger partial charge in [0.05, 0.1) is 6.04 Å². The van der Waals surface area contributed by atoms with Gasteiger partial charge in [-0.05, 0) is 56.0 Å². The zero-order chi connectivity index (χ0) is 19.3. The molecule has 0 radical (unpaired) electrons. The molecule has 7 heteroatoms. The quantitative estimate of drug-likeness (QED) is 0.717. The molecule has 0 bridgehead atoms. The number of nitrogens with one attached hydrogen (secondary N) is 3. The van der Waals surface area contributed by atoms with Crippen LogP contribution >= 0.6 is 0 Å². The molecular weight excluding hydrogens is 354 g/mol. The van der Waals surface area contributed by atoms with Crippen molar-refractivity contribution in [1.29, 1.82) is 0 Å². The average Bonchev–Trinajstić information content (AvgIpc) is 3.16.